The zero-order valence-corrected chi connectivity index (χ0v) is 13.6. The minimum Gasteiger partial charge on any atom is -0.497 e. The maximum atomic E-state index is 11.9. The number of nitrogens with one attached hydrogen (secondary N) is 1. The Kier molecular flexibility index (Phi) is 4.97. The average Bonchev–Trinajstić information content (AvgIpc) is 2.53. The number of nitrogens with zero attached hydrogens (tertiary/aromatic N) is 2. The van der Waals surface area contributed by atoms with E-state index in [1.165, 1.54) is 6.07 Å². The van der Waals surface area contributed by atoms with Crippen LogP contribution in [-0.4, -0.2) is 31.0 Å². The summed E-state index contributed by atoms with van der Waals surface area (Å²) in [6.07, 6.45) is 0. The van der Waals surface area contributed by atoms with Gasteiger partial charge in [-0.3, -0.25) is 0 Å². The molecule has 22 heavy (non-hydrogen) atoms. The van der Waals surface area contributed by atoms with Crippen molar-refractivity contribution in [2.24, 2.45) is 0 Å². The Morgan fingerprint density at radius 3 is 2.27 bits per heavy atom. The molecule has 2 rings (SSSR count). The summed E-state index contributed by atoms with van der Waals surface area (Å²) in [6.45, 7) is 3.80. The molecule has 0 aliphatic carbocycles. The van der Waals surface area contributed by atoms with Crippen LogP contribution < -0.4 is 10.1 Å². The van der Waals surface area contributed by atoms with Crippen molar-refractivity contribution >= 4 is 15.7 Å². The van der Waals surface area contributed by atoms with E-state index in [0.29, 0.717) is 12.4 Å². The van der Waals surface area contributed by atoms with E-state index in [9.17, 15) is 8.42 Å². The van der Waals surface area contributed by atoms with Gasteiger partial charge in [0.15, 0.2) is 14.9 Å². The molecule has 0 radical (unpaired) electrons. The van der Waals surface area contributed by atoms with Crippen molar-refractivity contribution in [3.63, 3.8) is 0 Å². The van der Waals surface area contributed by atoms with E-state index in [4.69, 9.17) is 4.74 Å². The van der Waals surface area contributed by atoms with Crippen LogP contribution in [0.2, 0.25) is 0 Å². The van der Waals surface area contributed by atoms with Crippen molar-refractivity contribution in [1.29, 1.82) is 0 Å². The van der Waals surface area contributed by atoms with Gasteiger partial charge in [-0.05, 0) is 43.7 Å². The van der Waals surface area contributed by atoms with Crippen molar-refractivity contribution < 1.29 is 13.2 Å². The first kappa shape index (κ1) is 16.2. The van der Waals surface area contributed by atoms with Gasteiger partial charge in [-0.1, -0.05) is 12.1 Å². The molecule has 0 saturated carbocycles. The van der Waals surface area contributed by atoms with Gasteiger partial charge in [0.1, 0.15) is 11.6 Å². The molecule has 0 aliphatic heterocycles. The molecular formula is C15H19N3O3S. The number of hydrogen-bond donors (Lipinski definition) is 1. The van der Waals surface area contributed by atoms with Gasteiger partial charge >= 0.3 is 0 Å². The average molecular weight is 321 g/mol. The van der Waals surface area contributed by atoms with Crippen molar-refractivity contribution in [3.8, 4) is 5.75 Å². The molecule has 7 heteroatoms. The monoisotopic (exact) mass is 321 g/mol. The quantitative estimate of drug-likeness (QED) is 0.879. The number of anilines is 1. The van der Waals surface area contributed by atoms with Crippen LogP contribution in [-0.2, 0) is 16.4 Å². The molecule has 1 aromatic heterocycles. The van der Waals surface area contributed by atoms with Crippen LogP contribution >= 0.6 is 0 Å². The fraction of sp³-hybridized carbons (Fsp3) is 0.333. The van der Waals surface area contributed by atoms with Crippen LogP contribution in [0, 0.1) is 0 Å². The van der Waals surface area contributed by atoms with Gasteiger partial charge in [0.25, 0.3) is 0 Å². The standard InChI is InChI=1S/C15H19N3O3S/c1-11(2)22(19,20)15-9-8-14(17-18-15)16-10-12-4-6-13(21-3)7-5-12/h4-9,11H,10H2,1-3H3,(H,16,17). The molecule has 0 bridgehead atoms. The third-order valence-electron chi connectivity index (χ3n) is 3.18. The van der Waals surface area contributed by atoms with Gasteiger partial charge in [-0.25, -0.2) is 8.42 Å². The lowest BCUT2D eigenvalue weighted by Gasteiger charge is -2.08. The minimum absolute atomic E-state index is 0.00232. The molecule has 6 nitrogen and oxygen atoms in total. The molecule has 0 atom stereocenters. The van der Waals surface area contributed by atoms with E-state index >= 15 is 0 Å². The number of aromatic nitrogens is 2. The van der Waals surface area contributed by atoms with Crippen LogP contribution in [0.25, 0.3) is 0 Å². The molecule has 0 spiro atoms. The highest BCUT2D eigenvalue weighted by atomic mass is 32.2. The van der Waals surface area contributed by atoms with Crippen molar-refractivity contribution in [2.45, 2.75) is 30.7 Å². The number of benzene rings is 1. The fourth-order valence-electron chi connectivity index (χ4n) is 1.74. The van der Waals surface area contributed by atoms with Crippen LogP contribution in [0.5, 0.6) is 5.75 Å². The summed E-state index contributed by atoms with van der Waals surface area (Å²) in [5, 5.41) is 10.3. The molecule has 1 N–H and O–H groups in total. The lowest BCUT2D eigenvalue weighted by molar-refractivity contribution is 0.414. The number of ether oxygens (including phenoxy) is 1. The Labute approximate surface area is 130 Å². The van der Waals surface area contributed by atoms with Crippen LogP contribution in [0.1, 0.15) is 19.4 Å². The summed E-state index contributed by atoms with van der Waals surface area (Å²) in [5.41, 5.74) is 1.06. The van der Waals surface area contributed by atoms with Gasteiger partial charge in [-0.15, -0.1) is 10.2 Å². The number of rotatable bonds is 6. The Morgan fingerprint density at radius 1 is 1.09 bits per heavy atom. The summed E-state index contributed by atoms with van der Waals surface area (Å²) >= 11 is 0. The maximum Gasteiger partial charge on any atom is 0.199 e. The first-order chi connectivity index (χ1) is 10.4. The van der Waals surface area contributed by atoms with Crippen molar-refractivity contribution in [3.05, 3.63) is 42.0 Å². The molecule has 0 unspecified atom stereocenters. The molecule has 0 aliphatic rings. The Balaban J connectivity index is 2.02. The highest BCUT2D eigenvalue weighted by Gasteiger charge is 2.21. The zero-order valence-electron chi connectivity index (χ0n) is 12.8. The predicted molar refractivity (Wildman–Crippen MR) is 84.7 cm³/mol. The maximum absolute atomic E-state index is 11.9. The van der Waals surface area contributed by atoms with E-state index in [1.54, 1.807) is 27.0 Å². The molecular weight excluding hydrogens is 302 g/mol. The summed E-state index contributed by atoms with van der Waals surface area (Å²) in [5.74, 6) is 1.32. The molecule has 0 amide bonds. The molecule has 118 valence electrons. The van der Waals surface area contributed by atoms with Crippen LogP contribution in [0.3, 0.4) is 0 Å². The largest absolute Gasteiger partial charge is 0.497 e. The number of sulfone groups is 1. The number of methoxy groups -OCH3 is 1. The molecule has 2 aromatic rings. The second-order valence-electron chi connectivity index (χ2n) is 5.05. The predicted octanol–water partition coefficient (Wildman–Crippen LogP) is 2.28. The van der Waals surface area contributed by atoms with Gasteiger partial charge in [0, 0.05) is 6.54 Å². The highest BCUT2D eigenvalue weighted by molar-refractivity contribution is 7.91. The molecule has 1 aromatic carbocycles. The molecule has 0 fully saturated rings. The van der Waals surface area contributed by atoms with Gasteiger partial charge < -0.3 is 10.1 Å². The lowest BCUT2D eigenvalue weighted by atomic mass is 10.2. The molecule has 1 heterocycles. The Hall–Kier alpha value is -2.15. The number of hydrogen-bond acceptors (Lipinski definition) is 6. The SMILES string of the molecule is COc1ccc(CNc2ccc(S(=O)(=O)C(C)C)nn2)cc1. The first-order valence-electron chi connectivity index (χ1n) is 6.88. The fourth-order valence-corrected chi connectivity index (χ4v) is 2.64. The highest BCUT2D eigenvalue weighted by Crippen LogP contribution is 2.15. The second kappa shape index (κ2) is 6.74. The Bertz CT molecular complexity index is 711. The third kappa shape index (κ3) is 3.73. The summed E-state index contributed by atoms with van der Waals surface area (Å²) in [6, 6.07) is 10.7. The molecule has 0 saturated heterocycles. The van der Waals surface area contributed by atoms with E-state index in [2.05, 4.69) is 15.5 Å². The zero-order chi connectivity index (χ0) is 16.2. The summed E-state index contributed by atoms with van der Waals surface area (Å²) in [4.78, 5) is 0. The lowest BCUT2D eigenvalue weighted by Crippen LogP contribution is -2.16. The Morgan fingerprint density at radius 2 is 1.77 bits per heavy atom. The minimum atomic E-state index is -3.38. The smallest absolute Gasteiger partial charge is 0.199 e. The van der Waals surface area contributed by atoms with Crippen molar-refractivity contribution in [1.82, 2.24) is 10.2 Å². The van der Waals surface area contributed by atoms with Crippen LogP contribution in [0.4, 0.5) is 5.82 Å². The topological polar surface area (TPSA) is 81.2 Å². The van der Waals surface area contributed by atoms with Gasteiger partial charge in [0.2, 0.25) is 0 Å². The van der Waals surface area contributed by atoms with Crippen molar-refractivity contribution in [2.75, 3.05) is 12.4 Å². The normalized spacial score (nSPS) is 11.5. The van der Waals surface area contributed by atoms with Crippen LogP contribution in [0.15, 0.2) is 41.4 Å². The van der Waals surface area contributed by atoms with E-state index in [1.807, 2.05) is 24.3 Å². The third-order valence-corrected chi connectivity index (χ3v) is 5.23. The van der Waals surface area contributed by atoms with Gasteiger partial charge in [0.05, 0.1) is 12.4 Å². The van der Waals surface area contributed by atoms with E-state index < -0.39 is 15.1 Å². The van der Waals surface area contributed by atoms with E-state index in [-0.39, 0.29) is 5.03 Å². The summed E-state index contributed by atoms with van der Waals surface area (Å²) < 4.78 is 29.0. The van der Waals surface area contributed by atoms with Gasteiger partial charge in [-0.2, -0.15) is 0 Å². The van der Waals surface area contributed by atoms with E-state index in [0.717, 1.165) is 11.3 Å². The second-order valence-corrected chi connectivity index (χ2v) is 7.50. The first-order valence-corrected chi connectivity index (χ1v) is 8.42. The summed E-state index contributed by atoms with van der Waals surface area (Å²) in [7, 11) is -1.76.